The first kappa shape index (κ1) is 22.4. The number of hydrogen-bond acceptors (Lipinski definition) is 6. The lowest BCUT2D eigenvalue weighted by molar-refractivity contribution is -0.119. The zero-order valence-corrected chi connectivity index (χ0v) is 18.7. The minimum Gasteiger partial charge on any atom is -0.495 e. The minimum absolute atomic E-state index is 0. The summed E-state index contributed by atoms with van der Waals surface area (Å²) in [6.07, 6.45) is 1.07. The molecule has 1 aromatic heterocycles. The minimum atomic E-state index is 0. The lowest BCUT2D eigenvalue weighted by Gasteiger charge is -2.28. The third-order valence-electron chi connectivity index (χ3n) is 5.02. The third kappa shape index (κ3) is 4.72. The molecule has 1 fully saturated rings. The number of nitrogens with one attached hydrogen (secondary N) is 1. The van der Waals surface area contributed by atoms with Crippen molar-refractivity contribution in [1.29, 1.82) is 0 Å². The van der Waals surface area contributed by atoms with E-state index in [1.54, 1.807) is 7.11 Å². The van der Waals surface area contributed by atoms with Gasteiger partial charge in [0.2, 0.25) is 0 Å². The third-order valence-corrected chi connectivity index (χ3v) is 5.55. The molecule has 9 heteroatoms. The Kier molecular flexibility index (Phi) is 7.23. The number of rotatable bonds is 5. The zero-order valence-electron chi connectivity index (χ0n) is 16.3. The van der Waals surface area contributed by atoms with Crippen molar-refractivity contribution < 1.29 is 9.53 Å². The number of carbonyl (C=O) groups is 1. The number of aromatic nitrogens is 2. The Morgan fingerprint density at radius 1 is 1.07 bits per heavy atom. The standard InChI is InChI=1S/C21H20Cl2N4O2.ClH/c1-29-19-5-2-13(10-18(19)23)12-24-20-17-11-14(22)3-4-16(17)21(26-25-20)27-8-6-15(28)7-9-27;/h2-5,10-11H,6-9,12H2,1H3,(H,24,25);1H. The number of ether oxygens (including phenoxy) is 1. The summed E-state index contributed by atoms with van der Waals surface area (Å²) in [5.41, 5.74) is 0.992. The molecule has 6 nitrogen and oxygen atoms in total. The van der Waals surface area contributed by atoms with Gasteiger partial charge in [0.15, 0.2) is 11.6 Å². The molecule has 2 heterocycles. The number of nitrogens with zero attached hydrogens (tertiary/aromatic N) is 3. The van der Waals surface area contributed by atoms with Crippen LogP contribution in [0, 0.1) is 0 Å². The molecule has 1 N–H and O–H groups in total. The molecule has 3 aromatic rings. The Balaban J connectivity index is 0.00000256. The number of methoxy groups -OCH3 is 1. The van der Waals surface area contributed by atoms with E-state index in [1.807, 2.05) is 36.4 Å². The number of halogens is 3. The van der Waals surface area contributed by atoms with Crippen LogP contribution in [0.1, 0.15) is 18.4 Å². The van der Waals surface area contributed by atoms with Crippen LogP contribution in [0.2, 0.25) is 10.0 Å². The number of anilines is 2. The smallest absolute Gasteiger partial charge is 0.159 e. The van der Waals surface area contributed by atoms with Gasteiger partial charge in [-0.1, -0.05) is 29.3 Å². The number of benzene rings is 2. The van der Waals surface area contributed by atoms with E-state index < -0.39 is 0 Å². The number of piperidine rings is 1. The molecule has 0 saturated carbocycles. The summed E-state index contributed by atoms with van der Waals surface area (Å²) in [5.74, 6) is 2.35. The van der Waals surface area contributed by atoms with Crippen LogP contribution < -0.4 is 15.0 Å². The predicted octanol–water partition coefficient (Wildman–Crippen LogP) is 5.15. The van der Waals surface area contributed by atoms with Gasteiger partial charge < -0.3 is 15.0 Å². The largest absolute Gasteiger partial charge is 0.495 e. The second-order valence-electron chi connectivity index (χ2n) is 6.91. The second kappa shape index (κ2) is 9.69. The van der Waals surface area contributed by atoms with Crippen LogP contribution in [0.5, 0.6) is 5.75 Å². The molecule has 1 aliphatic heterocycles. The number of Topliss-reactive ketones (excluding diaryl/α,β-unsaturated/α-hetero) is 1. The highest BCUT2D eigenvalue weighted by molar-refractivity contribution is 6.32. The predicted molar refractivity (Wildman–Crippen MR) is 124 cm³/mol. The highest BCUT2D eigenvalue weighted by Gasteiger charge is 2.21. The van der Waals surface area contributed by atoms with Gasteiger partial charge >= 0.3 is 0 Å². The van der Waals surface area contributed by atoms with Crippen molar-refractivity contribution in [2.45, 2.75) is 19.4 Å². The van der Waals surface area contributed by atoms with Crippen molar-refractivity contribution in [2.75, 3.05) is 30.4 Å². The number of carbonyl (C=O) groups excluding carboxylic acids is 1. The summed E-state index contributed by atoms with van der Waals surface area (Å²) < 4.78 is 5.20. The van der Waals surface area contributed by atoms with E-state index in [9.17, 15) is 4.79 Å². The molecule has 4 rings (SSSR count). The molecule has 0 spiro atoms. The summed E-state index contributed by atoms with van der Waals surface area (Å²) >= 11 is 12.5. The molecule has 1 aliphatic rings. The van der Waals surface area contributed by atoms with Crippen molar-refractivity contribution in [3.8, 4) is 5.75 Å². The van der Waals surface area contributed by atoms with E-state index in [0.717, 1.165) is 22.2 Å². The lowest BCUT2D eigenvalue weighted by Crippen LogP contribution is -2.34. The summed E-state index contributed by atoms with van der Waals surface area (Å²) in [4.78, 5) is 13.7. The number of hydrogen-bond donors (Lipinski definition) is 1. The summed E-state index contributed by atoms with van der Waals surface area (Å²) in [5, 5.41) is 15.2. The molecule has 0 amide bonds. The van der Waals surface area contributed by atoms with Crippen molar-refractivity contribution >= 4 is 63.8 Å². The maximum absolute atomic E-state index is 11.6. The van der Waals surface area contributed by atoms with Gasteiger partial charge in [-0.25, -0.2) is 0 Å². The first-order valence-corrected chi connectivity index (χ1v) is 10.1. The molecule has 0 bridgehead atoms. The van der Waals surface area contributed by atoms with E-state index >= 15 is 0 Å². The van der Waals surface area contributed by atoms with Gasteiger partial charge in [-0.05, 0) is 35.9 Å². The molecule has 158 valence electrons. The van der Waals surface area contributed by atoms with E-state index in [2.05, 4.69) is 20.4 Å². The van der Waals surface area contributed by atoms with Crippen LogP contribution in [0.15, 0.2) is 36.4 Å². The maximum Gasteiger partial charge on any atom is 0.159 e. The average molecular weight is 468 g/mol. The molecule has 2 aromatic carbocycles. The van der Waals surface area contributed by atoms with Gasteiger partial charge in [-0.2, -0.15) is 0 Å². The van der Waals surface area contributed by atoms with Gasteiger partial charge in [-0.3, -0.25) is 4.79 Å². The van der Waals surface area contributed by atoms with Crippen LogP contribution in [-0.2, 0) is 11.3 Å². The summed E-state index contributed by atoms with van der Waals surface area (Å²) in [6.45, 7) is 1.84. The number of ketones is 1. The molecular weight excluding hydrogens is 447 g/mol. The fourth-order valence-corrected chi connectivity index (χ4v) is 3.90. The fourth-order valence-electron chi connectivity index (χ4n) is 3.45. The Morgan fingerprint density at radius 3 is 2.53 bits per heavy atom. The van der Waals surface area contributed by atoms with Crippen molar-refractivity contribution in [3.05, 3.63) is 52.0 Å². The zero-order chi connectivity index (χ0) is 20.4. The van der Waals surface area contributed by atoms with Crippen LogP contribution >= 0.6 is 35.6 Å². The van der Waals surface area contributed by atoms with E-state index in [-0.39, 0.29) is 18.2 Å². The highest BCUT2D eigenvalue weighted by Crippen LogP contribution is 2.32. The lowest BCUT2D eigenvalue weighted by atomic mass is 10.1. The van der Waals surface area contributed by atoms with Gasteiger partial charge in [0.25, 0.3) is 0 Å². The normalized spacial score (nSPS) is 13.8. The Morgan fingerprint density at radius 2 is 1.83 bits per heavy atom. The topological polar surface area (TPSA) is 67.3 Å². The first-order valence-electron chi connectivity index (χ1n) is 9.34. The molecule has 1 saturated heterocycles. The maximum atomic E-state index is 11.6. The number of fused-ring (bicyclic) bond motifs is 1. The molecular formula is C21H21Cl3N4O2. The van der Waals surface area contributed by atoms with Crippen molar-refractivity contribution in [2.24, 2.45) is 0 Å². The Hall–Kier alpha value is -2.28. The van der Waals surface area contributed by atoms with E-state index in [4.69, 9.17) is 27.9 Å². The highest BCUT2D eigenvalue weighted by atomic mass is 35.5. The fraction of sp³-hybridized carbons (Fsp3) is 0.286. The average Bonchev–Trinajstić information content (AvgIpc) is 2.72. The quantitative estimate of drug-likeness (QED) is 0.560. The van der Waals surface area contributed by atoms with Gasteiger partial charge in [0.05, 0.1) is 12.1 Å². The van der Waals surface area contributed by atoms with Crippen LogP contribution in [-0.4, -0.2) is 36.2 Å². The molecule has 0 atom stereocenters. The van der Waals surface area contributed by atoms with E-state index in [0.29, 0.717) is 54.1 Å². The van der Waals surface area contributed by atoms with Gasteiger partial charge in [0.1, 0.15) is 11.5 Å². The Labute approximate surface area is 190 Å². The van der Waals surface area contributed by atoms with Crippen LogP contribution in [0.25, 0.3) is 10.8 Å². The first-order chi connectivity index (χ1) is 14.0. The van der Waals surface area contributed by atoms with Gasteiger partial charge in [-0.15, -0.1) is 22.6 Å². The summed E-state index contributed by atoms with van der Waals surface area (Å²) in [6, 6.07) is 11.3. The molecule has 0 aliphatic carbocycles. The monoisotopic (exact) mass is 466 g/mol. The van der Waals surface area contributed by atoms with Crippen molar-refractivity contribution in [3.63, 3.8) is 0 Å². The van der Waals surface area contributed by atoms with Crippen LogP contribution in [0.3, 0.4) is 0 Å². The Bertz CT molecular complexity index is 1070. The SMILES string of the molecule is COc1ccc(CNc2nnc(N3CCC(=O)CC3)c3ccc(Cl)cc23)cc1Cl.Cl. The van der Waals surface area contributed by atoms with Crippen molar-refractivity contribution in [1.82, 2.24) is 10.2 Å². The summed E-state index contributed by atoms with van der Waals surface area (Å²) in [7, 11) is 1.59. The van der Waals surface area contributed by atoms with Crippen LogP contribution in [0.4, 0.5) is 11.6 Å². The van der Waals surface area contributed by atoms with E-state index in [1.165, 1.54) is 0 Å². The van der Waals surface area contributed by atoms with Gasteiger partial charge in [0, 0.05) is 48.3 Å². The second-order valence-corrected chi connectivity index (χ2v) is 7.75. The molecule has 0 radical (unpaired) electrons. The molecule has 30 heavy (non-hydrogen) atoms. The molecule has 0 unspecified atom stereocenters.